The molecule has 0 spiro atoms. The number of nitrogens with one attached hydrogen (secondary N) is 1. The van der Waals surface area contributed by atoms with Crippen molar-refractivity contribution in [1.29, 1.82) is 0 Å². The minimum Gasteiger partial charge on any atom is -0.507 e. The van der Waals surface area contributed by atoms with E-state index in [-0.39, 0.29) is 35.1 Å². The van der Waals surface area contributed by atoms with Gasteiger partial charge in [0.15, 0.2) is 0 Å². The third-order valence-electron chi connectivity index (χ3n) is 3.75. The molecule has 0 bridgehead atoms. The number of esters is 1. The number of rotatable bonds is 3. The van der Waals surface area contributed by atoms with E-state index >= 15 is 0 Å². The van der Waals surface area contributed by atoms with E-state index in [4.69, 9.17) is 4.74 Å². The van der Waals surface area contributed by atoms with Crippen molar-refractivity contribution in [1.82, 2.24) is 5.32 Å². The highest BCUT2D eigenvalue weighted by Gasteiger charge is 2.28. The molecule has 1 aliphatic rings. The Kier molecular flexibility index (Phi) is 4.61. The lowest BCUT2D eigenvalue weighted by molar-refractivity contribution is -0.146. The molecule has 5 nitrogen and oxygen atoms in total. The van der Waals surface area contributed by atoms with E-state index in [9.17, 15) is 14.7 Å². The van der Waals surface area contributed by atoms with Gasteiger partial charge in [-0.1, -0.05) is 12.1 Å². The van der Waals surface area contributed by atoms with Crippen LogP contribution in [0.1, 0.15) is 36.0 Å². The number of amides is 1. The zero-order valence-electron chi connectivity index (χ0n) is 11.5. The lowest BCUT2D eigenvalue weighted by Crippen LogP contribution is -2.38. The van der Waals surface area contributed by atoms with Crippen molar-refractivity contribution in [2.75, 3.05) is 7.11 Å². The van der Waals surface area contributed by atoms with E-state index in [1.807, 2.05) is 0 Å². The van der Waals surface area contributed by atoms with Crippen LogP contribution in [0.15, 0.2) is 24.3 Å². The fraction of sp³-hybridized carbons (Fsp3) is 0.467. The van der Waals surface area contributed by atoms with Gasteiger partial charge in [-0.15, -0.1) is 0 Å². The van der Waals surface area contributed by atoms with Crippen LogP contribution in [0.3, 0.4) is 0 Å². The third-order valence-corrected chi connectivity index (χ3v) is 3.75. The molecular weight excluding hydrogens is 258 g/mol. The smallest absolute Gasteiger partial charge is 0.308 e. The summed E-state index contributed by atoms with van der Waals surface area (Å²) < 4.78 is 4.73. The quantitative estimate of drug-likeness (QED) is 0.827. The number of benzene rings is 1. The van der Waals surface area contributed by atoms with E-state index in [1.54, 1.807) is 18.2 Å². The molecule has 2 N–H and O–H groups in total. The molecule has 1 fully saturated rings. The number of hydrogen-bond acceptors (Lipinski definition) is 4. The maximum absolute atomic E-state index is 12.0. The van der Waals surface area contributed by atoms with Gasteiger partial charge in [0.1, 0.15) is 5.75 Å². The maximum atomic E-state index is 12.0. The first kappa shape index (κ1) is 14.4. The zero-order chi connectivity index (χ0) is 14.5. The molecule has 0 saturated heterocycles. The van der Waals surface area contributed by atoms with Crippen LogP contribution >= 0.6 is 0 Å². The van der Waals surface area contributed by atoms with Gasteiger partial charge in [0.25, 0.3) is 5.91 Å². The highest BCUT2D eigenvalue weighted by molar-refractivity contribution is 5.96. The molecule has 0 aromatic heterocycles. The van der Waals surface area contributed by atoms with E-state index in [0.29, 0.717) is 0 Å². The van der Waals surface area contributed by atoms with Crippen LogP contribution in [0, 0.1) is 5.92 Å². The Morgan fingerprint density at radius 2 is 1.85 bits per heavy atom. The number of aromatic hydroxyl groups is 1. The minimum absolute atomic E-state index is 0.0201. The van der Waals surface area contributed by atoms with Crippen molar-refractivity contribution in [3.8, 4) is 5.75 Å². The molecule has 1 saturated carbocycles. The van der Waals surface area contributed by atoms with Crippen LogP contribution in [0.4, 0.5) is 0 Å². The fourth-order valence-corrected chi connectivity index (χ4v) is 2.57. The van der Waals surface area contributed by atoms with E-state index in [1.165, 1.54) is 13.2 Å². The average Bonchev–Trinajstić information content (AvgIpc) is 2.47. The summed E-state index contributed by atoms with van der Waals surface area (Å²) in [5, 5.41) is 12.5. The predicted molar refractivity (Wildman–Crippen MR) is 73.3 cm³/mol. The van der Waals surface area contributed by atoms with Crippen molar-refractivity contribution in [2.24, 2.45) is 5.92 Å². The number of hydrogen-bond donors (Lipinski definition) is 2. The maximum Gasteiger partial charge on any atom is 0.308 e. The van der Waals surface area contributed by atoms with Crippen LogP contribution in [0.25, 0.3) is 0 Å². The highest BCUT2D eigenvalue weighted by atomic mass is 16.5. The average molecular weight is 277 g/mol. The SMILES string of the molecule is COC(=O)C1CCC(NC(=O)c2ccccc2O)CC1. The summed E-state index contributed by atoms with van der Waals surface area (Å²) in [6.07, 6.45) is 2.94. The van der Waals surface area contributed by atoms with Gasteiger partial charge in [-0.25, -0.2) is 0 Å². The monoisotopic (exact) mass is 277 g/mol. The molecule has 0 radical (unpaired) electrons. The van der Waals surface area contributed by atoms with Gasteiger partial charge in [-0.3, -0.25) is 9.59 Å². The number of carbonyl (C=O) groups excluding carboxylic acids is 2. The number of phenols is 1. The molecule has 0 atom stereocenters. The Labute approximate surface area is 117 Å². The number of carbonyl (C=O) groups is 2. The Balaban J connectivity index is 1.88. The third kappa shape index (κ3) is 3.29. The largest absolute Gasteiger partial charge is 0.507 e. The summed E-state index contributed by atoms with van der Waals surface area (Å²) in [6, 6.07) is 6.51. The molecule has 108 valence electrons. The topological polar surface area (TPSA) is 75.6 Å². The molecule has 1 aliphatic carbocycles. The number of methoxy groups -OCH3 is 1. The lowest BCUT2D eigenvalue weighted by atomic mass is 9.86. The van der Waals surface area contributed by atoms with Gasteiger partial charge in [-0.2, -0.15) is 0 Å². The fourth-order valence-electron chi connectivity index (χ4n) is 2.57. The van der Waals surface area contributed by atoms with Crippen molar-refractivity contribution < 1.29 is 19.4 Å². The first-order chi connectivity index (χ1) is 9.61. The molecule has 0 aliphatic heterocycles. The lowest BCUT2D eigenvalue weighted by Gasteiger charge is -2.27. The van der Waals surface area contributed by atoms with Crippen LogP contribution in [-0.2, 0) is 9.53 Å². The summed E-state index contributed by atoms with van der Waals surface area (Å²) in [4.78, 5) is 23.5. The van der Waals surface area contributed by atoms with Crippen LogP contribution < -0.4 is 5.32 Å². The Hall–Kier alpha value is -2.04. The zero-order valence-corrected chi connectivity index (χ0v) is 11.5. The second-order valence-corrected chi connectivity index (χ2v) is 5.06. The standard InChI is InChI=1S/C15H19NO4/c1-20-15(19)10-6-8-11(9-7-10)16-14(18)12-4-2-3-5-13(12)17/h2-5,10-11,17H,6-9H2,1H3,(H,16,18). The second-order valence-electron chi connectivity index (χ2n) is 5.06. The van der Waals surface area contributed by atoms with E-state index in [2.05, 4.69) is 5.32 Å². The second kappa shape index (κ2) is 6.41. The number of ether oxygens (including phenoxy) is 1. The van der Waals surface area contributed by atoms with Gasteiger partial charge in [0, 0.05) is 6.04 Å². The van der Waals surface area contributed by atoms with Gasteiger partial charge >= 0.3 is 5.97 Å². The highest BCUT2D eigenvalue weighted by Crippen LogP contribution is 2.26. The molecule has 0 heterocycles. The minimum atomic E-state index is -0.274. The van der Waals surface area contributed by atoms with Crippen molar-refractivity contribution in [3.63, 3.8) is 0 Å². The first-order valence-corrected chi connectivity index (χ1v) is 6.78. The van der Waals surface area contributed by atoms with Gasteiger partial charge < -0.3 is 15.2 Å². The number of phenolic OH excluding ortho intramolecular Hbond substituents is 1. The summed E-state index contributed by atoms with van der Waals surface area (Å²) in [7, 11) is 1.40. The molecular formula is C15H19NO4. The van der Waals surface area contributed by atoms with Gasteiger partial charge in [0.05, 0.1) is 18.6 Å². The molecule has 2 rings (SSSR count). The first-order valence-electron chi connectivity index (χ1n) is 6.78. The number of para-hydroxylation sites is 1. The molecule has 1 aromatic carbocycles. The normalized spacial score (nSPS) is 22.1. The summed E-state index contributed by atoms with van der Waals surface area (Å²) >= 11 is 0. The van der Waals surface area contributed by atoms with Gasteiger partial charge in [-0.05, 0) is 37.8 Å². The molecule has 20 heavy (non-hydrogen) atoms. The molecule has 1 amide bonds. The Bertz CT molecular complexity index is 492. The van der Waals surface area contributed by atoms with Gasteiger partial charge in [0.2, 0.25) is 0 Å². The summed E-state index contributed by atoms with van der Waals surface area (Å²) in [5.41, 5.74) is 0.280. The molecule has 5 heteroatoms. The Morgan fingerprint density at radius 1 is 1.20 bits per heavy atom. The molecule has 0 unspecified atom stereocenters. The van der Waals surface area contributed by atoms with E-state index in [0.717, 1.165) is 25.7 Å². The van der Waals surface area contributed by atoms with Crippen LogP contribution in [0.2, 0.25) is 0 Å². The predicted octanol–water partition coefficient (Wildman–Crippen LogP) is 1.85. The van der Waals surface area contributed by atoms with Crippen LogP contribution in [-0.4, -0.2) is 30.1 Å². The van der Waals surface area contributed by atoms with Crippen LogP contribution in [0.5, 0.6) is 5.75 Å². The summed E-state index contributed by atoms with van der Waals surface area (Å²) in [5.74, 6) is -0.522. The Morgan fingerprint density at radius 3 is 2.45 bits per heavy atom. The van der Waals surface area contributed by atoms with Crippen molar-refractivity contribution in [2.45, 2.75) is 31.7 Å². The van der Waals surface area contributed by atoms with E-state index < -0.39 is 0 Å². The molecule has 1 aromatic rings. The van der Waals surface area contributed by atoms with Crippen molar-refractivity contribution >= 4 is 11.9 Å². The summed E-state index contributed by atoms with van der Waals surface area (Å²) in [6.45, 7) is 0. The van der Waals surface area contributed by atoms with Crippen molar-refractivity contribution in [3.05, 3.63) is 29.8 Å².